The molecule has 0 aliphatic carbocycles. The highest BCUT2D eigenvalue weighted by Gasteiger charge is 2.93. The van der Waals surface area contributed by atoms with Crippen LogP contribution in [-0.2, 0) is 68.7 Å². The minimum absolute atomic E-state index is 0.0361. The number of rotatable bonds is 40. The van der Waals surface area contributed by atoms with Crippen molar-refractivity contribution < 1.29 is 144 Å². The number of phosphoric ester groups is 2. The van der Waals surface area contributed by atoms with Crippen LogP contribution in [0.1, 0.15) is 135 Å². The molecule has 4 aromatic rings. The van der Waals surface area contributed by atoms with Crippen molar-refractivity contribution in [3.8, 4) is 5.88 Å². The third kappa shape index (κ3) is 22.7. The van der Waals surface area contributed by atoms with Gasteiger partial charge in [-0.1, -0.05) is 45.9 Å². The number of alkyl halides is 15. The van der Waals surface area contributed by atoms with Crippen LogP contribution in [0.5, 0.6) is 5.88 Å². The molecule has 0 bridgehead atoms. The molecule has 15 unspecified atom stereocenters. The maximum atomic E-state index is 14.8. The molecule has 8 heterocycles. The van der Waals surface area contributed by atoms with Gasteiger partial charge in [0.05, 0.1) is 58.0 Å². The lowest BCUT2D eigenvalue weighted by atomic mass is 9.91. The number of nitrogens with zero attached hydrogens (tertiary/aromatic N) is 6. The van der Waals surface area contributed by atoms with Crippen molar-refractivity contribution in [1.82, 2.24) is 42.9 Å². The van der Waals surface area contributed by atoms with E-state index in [0.29, 0.717) is 6.42 Å². The smallest absolute Gasteiger partial charge is 0.471 e. The first kappa shape index (κ1) is 102. The highest BCUT2D eigenvalue weighted by molar-refractivity contribution is 7.48. The van der Waals surface area contributed by atoms with Crippen LogP contribution >= 0.6 is 24.2 Å². The van der Waals surface area contributed by atoms with Gasteiger partial charge in [-0.15, -0.1) is 19.7 Å². The fourth-order valence-electron chi connectivity index (χ4n) is 12.4. The molecule has 8 rings (SSSR count). The molecule has 4 N–H and O–H groups in total. The number of aryl methyl sites for hydroxylation is 4. The second-order valence-electron chi connectivity index (χ2n) is 30.7. The van der Waals surface area contributed by atoms with Crippen molar-refractivity contribution in [1.29, 1.82) is 0 Å². The predicted octanol–water partition coefficient (Wildman–Crippen LogP) is 12.2. The number of ether oxygens (including phenoxy) is 5. The first-order valence-corrected chi connectivity index (χ1v) is 44.4. The molecule has 0 amide bonds. The highest BCUT2D eigenvalue weighted by Crippen LogP contribution is 2.63. The standard InChI is InChI=1S/C42H62N6O19P2Si.C28H35F15N3O5P/c1-11-13-58-68(56,65-27-15-33(62-30(27)21-49)46-18-24(3)36(50)43-39(46)53)60-22-31-28(16-34(63-31)47-19-25(4)37(51)44-40(47)54)66-69(57,59-14-12-2)61-23-32-29(67-70(9,10)42(6,7)8)17-35(64-32)48-20-26(5)38(52)45-41(48)55;1-8-10-49-52(46(14(3)4)15(5)6)51-18-11-19(50-17(18)9-2)45-12-16(7)20(44-21(45)47)48-13-22(29,30)23(31,32)24(33,34)25(35,36)26(37,38)27(39,40)28(41,42)43/h11-12,18-20,27-35,49H,1-2,13-17,21-23H2,3-10H3,(H,43,50,53)(H,44,51,54)(H,45,52,55);8,12,14-15,17-19H,1,9-11,13H2,2-7H3. The fourth-order valence-corrected chi connectivity index (χ4v) is 18.2. The third-order valence-electron chi connectivity index (χ3n) is 19.9. The molecule has 4 saturated heterocycles. The molecule has 4 aliphatic heterocycles. The second kappa shape index (κ2) is 39.7. The lowest BCUT2D eigenvalue weighted by molar-refractivity contribution is -0.453. The van der Waals surface area contributed by atoms with Gasteiger partial charge in [-0.05, 0) is 79.9 Å². The van der Waals surface area contributed by atoms with Crippen LogP contribution in [0.3, 0.4) is 0 Å². The van der Waals surface area contributed by atoms with Gasteiger partial charge in [0.1, 0.15) is 55.4 Å². The Morgan fingerprint density at radius 2 is 0.918 bits per heavy atom. The number of H-pyrrole nitrogens is 3. The zero-order valence-electron chi connectivity index (χ0n) is 68.3. The average Bonchev–Trinajstić information content (AvgIpc) is 0.905. The normalized spacial score (nSPS) is 24.2. The van der Waals surface area contributed by atoms with Gasteiger partial charge >= 0.3 is 80.1 Å². The SMILES string of the molecule is C=CCOP(=O)(OCC1OC(n2cc(C)c(=O)[nH]c2=O)CC1OP(=O)(OCC=C)OCC1OC(n2cc(C)c(=O)[nH]c2=O)CC1O[Si](C)(C)C(C)(C)C)OC1CC(n2cc(C)c(=O)[nH]c2=O)OC1CO.C=CCOP(OC1CC(n2cc(C)c(OCC(F)(F)C(F)(F)C(F)(F)C(F)(F)C(F)(F)C(F)(F)C(F)(F)F)nc2=O)OC1CC)N(C(C)C)C(C)C. The van der Waals surface area contributed by atoms with E-state index in [2.05, 4.69) is 44.4 Å². The Morgan fingerprint density at radius 1 is 0.549 bits per heavy atom. The van der Waals surface area contributed by atoms with E-state index in [0.717, 1.165) is 26.8 Å². The topological polar surface area (TPSA) is 386 Å². The van der Waals surface area contributed by atoms with E-state index in [-0.39, 0.29) is 79.3 Å². The van der Waals surface area contributed by atoms with Crippen molar-refractivity contribution in [2.45, 2.75) is 261 Å². The van der Waals surface area contributed by atoms with Gasteiger partial charge in [0.2, 0.25) is 5.88 Å². The molecule has 33 nitrogen and oxygen atoms in total. The molecule has 0 spiro atoms. The number of hydrogen-bond acceptors (Lipinski definition) is 26. The number of aliphatic hydroxyl groups excluding tert-OH is 1. The van der Waals surface area contributed by atoms with Crippen LogP contribution in [0.4, 0.5) is 65.9 Å². The summed E-state index contributed by atoms with van der Waals surface area (Å²) in [4.78, 5) is 98.2. The number of aromatic amines is 3. The van der Waals surface area contributed by atoms with Crippen LogP contribution < -0.4 is 44.2 Å². The number of nitrogens with one attached hydrogen (secondary N) is 3. The van der Waals surface area contributed by atoms with Gasteiger partial charge in [0.15, 0.2) is 14.9 Å². The molecule has 122 heavy (non-hydrogen) atoms. The minimum Gasteiger partial charge on any atom is -0.471 e. The molecule has 0 radical (unpaired) electrons. The molecule has 4 fully saturated rings. The Morgan fingerprint density at radius 3 is 1.32 bits per heavy atom. The molecule has 4 aromatic heterocycles. The summed E-state index contributed by atoms with van der Waals surface area (Å²) in [6.45, 7) is 30.2. The van der Waals surface area contributed by atoms with Gasteiger partial charge in [-0.2, -0.15) is 70.8 Å². The molecule has 0 aromatic carbocycles. The predicted molar refractivity (Wildman–Crippen MR) is 405 cm³/mol. The summed E-state index contributed by atoms with van der Waals surface area (Å²) in [7, 11) is -13.7. The number of aromatic nitrogens is 8. The van der Waals surface area contributed by atoms with Crippen LogP contribution in [0, 0.1) is 27.7 Å². The minimum atomic E-state index is -8.43. The molecular formula is C70H97F15N9O24P3Si. The summed E-state index contributed by atoms with van der Waals surface area (Å²) in [6.07, 6.45) is -11.4. The van der Waals surface area contributed by atoms with E-state index in [1.807, 2.05) is 66.2 Å². The first-order valence-electron chi connectivity index (χ1n) is 37.5. The quantitative estimate of drug-likeness (QED) is 0.0139. The van der Waals surface area contributed by atoms with Crippen LogP contribution in [0.2, 0.25) is 18.1 Å². The second-order valence-corrected chi connectivity index (χ2v) is 40.1. The van der Waals surface area contributed by atoms with E-state index in [9.17, 15) is 114 Å². The summed E-state index contributed by atoms with van der Waals surface area (Å²) in [6, 6.07) is -0.0995. The number of hydrogen-bond donors (Lipinski definition) is 4. The van der Waals surface area contributed by atoms with Crippen LogP contribution in [0.25, 0.3) is 0 Å². The molecule has 690 valence electrons. The Balaban J connectivity index is 0.000000352. The lowest BCUT2D eigenvalue weighted by Crippen LogP contribution is -2.73. The fraction of sp³-hybridized carbons (Fsp3) is 0.686. The zero-order valence-corrected chi connectivity index (χ0v) is 71.9. The Hall–Kier alpha value is -6.60. The van der Waals surface area contributed by atoms with Gasteiger partial charge in [0, 0.05) is 84.8 Å². The molecule has 15 atom stereocenters. The number of halogens is 15. The van der Waals surface area contributed by atoms with Crippen molar-refractivity contribution >= 4 is 32.5 Å². The van der Waals surface area contributed by atoms with Gasteiger partial charge in [0.25, 0.3) is 25.2 Å². The Bertz CT molecular complexity index is 4860. The Labute approximate surface area is 688 Å². The van der Waals surface area contributed by atoms with Gasteiger partial charge in [-0.25, -0.2) is 33.0 Å². The largest absolute Gasteiger partial charge is 0.475 e. The summed E-state index contributed by atoms with van der Waals surface area (Å²) < 4.78 is 321. The van der Waals surface area contributed by atoms with E-state index >= 15 is 0 Å². The van der Waals surface area contributed by atoms with Gasteiger partial charge in [-0.3, -0.25) is 74.7 Å². The summed E-state index contributed by atoms with van der Waals surface area (Å²) in [5.41, 5.74) is -5.41. The summed E-state index contributed by atoms with van der Waals surface area (Å²) in [5, 5.41) is 9.97. The zero-order chi connectivity index (χ0) is 92.1. The van der Waals surface area contributed by atoms with Crippen molar-refractivity contribution in [2.75, 3.05) is 46.2 Å². The van der Waals surface area contributed by atoms with Gasteiger partial charge < -0.3 is 42.3 Å². The van der Waals surface area contributed by atoms with Crippen LogP contribution in [0.15, 0.2) is 96.3 Å². The first-order chi connectivity index (χ1) is 56.2. The van der Waals surface area contributed by atoms with E-state index in [1.165, 1.54) is 62.2 Å². The van der Waals surface area contributed by atoms with E-state index in [1.54, 1.807) is 6.92 Å². The van der Waals surface area contributed by atoms with E-state index < -0.39 is 225 Å². The average molecular weight is 1850 g/mol. The van der Waals surface area contributed by atoms with Crippen LogP contribution in [-0.4, -0.2) is 205 Å². The van der Waals surface area contributed by atoms with Crippen molar-refractivity contribution in [3.63, 3.8) is 0 Å². The van der Waals surface area contributed by atoms with Crippen molar-refractivity contribution in [3.05, 3.63) is 158 Å². The number of aliphatic hydroxyl groups is 1. The maximum absolute atomic E-state index is 14.8. The van der Waals surface area contributed by atoms with Crippen molar-refractivity contribution in [2.24, 2.45) is 0 Å². The molecule has 4 aliphatic rings. The van der Waals surface area contributed by atoms with E-state index in [4.69, 9.17) is 59.6 Å². The molecule has 0 saturated carbocycles. The molecule has 52 heteroatoms. The monoisotopic (exact) mass is 1850 g/mol. The third-order valence-corrected chi connectivity index (χ3v) is 29.5. The molecular weight excluding hydrogens is 1760 g/mol. The summed E-state index contributed by atoms with van der Waals surface area (Å²) in [5.74, 6) is -48.9. The highest BCUT2D eigenvalue weighted by atomic mass is 31.2. The summed E-state index contributed by atoms with van der Waals surface area (Å²) >= 11 is 0. The lowest BCUT2D eigenvalue weighted by Gasteiger charge is -2.41. The number of phosphoric acid groups is 2. The maximum Gasteiger partial charge on any atom is 0.475 e. The Kier molecular flexibility index (Phi) is 33.4.